The zero-order valence-corrected chi connectivity index (χ0v) is 18.0. The van der Waals surface area contributed by atoms with Crippen LogP contribution in [-0.4, -0.2) is 33.5 Å². The second kappa shape index (κ2) is 9.60. The average molecular weight is 411 g/mol. The van der Waals surface area contributed by atoms with Crippen molar-refractivity contribution in [2.45, 2.75) is 38.4 Å². The van der Waals surface area contributed by atoms with Crippen molar-refractivity contribution in [2.24, 2.45) is 0 Å². The smallest absolute Gasteiger partial charge is 0.234 e. The molecule has 152 valence electrons. The first-order chi connectivity index (χ1) is 14.0. The van der Waals surface area contributed by atoms with Gasteiger partial charge in [-0.25, -0.2) is 0 Å². The molecule has 0 atom stereocenters. The number of amides is 1. The molecule has 7 heteroatoms. The summed E-state index contributed by atoms with van der Waals surface area (Å²) in [6, 6.07) is 15.6. The molecule has 0 fully saturated rings. The van der Waals surface area contributed by atoms with Crippen molar-refractivity contribution < 1.29 is 9.53 Å². The summed E-state index contributed by atoms with van der Waals surface area (Å²) in [5, 5.41) is 12.4. The summed E-state index contributed by atoms with van der Waals surface area (Å²) < 4.78 is 7.45. The minimum Gasteiger partial charge on any atom is -0.496 e. The number of carbonyl (C=O) groups excluding carboxylic acids is 1. The molecule has 0 saturated carbocycles. The van der Waals surface area contributed by atoms with Gasteiger partial charge in [-0.2, -0.15) is 0 Å². The van der Waals surface area contributed by atoms with E-state index in [-0.39, 0.29) is 11.7 Å². The Kier molecular flexibility index (Phi) is 6.93. The molecule has 0 spiro atoms. The number of hydrogen-bond acceptors (Lipinski definition) is 5. The number of ether oxygens (including phenoxy) is 1. The molecule has 1 heterocycles. The monoisotopic (exact) mass is 410 g/mol. The van der Waals surface area contributed by atoms with Gasteiger partial charge < -0.3 is 14.6 Å². The molecule has 3 rings (SSSR count). The first-order valence-electron chi connectivity index (χ1n) is 9.63. The van der Waals surface area contributed by atoms with Crippen LogP contribution in [0.25, 0.3) is 11.4 Å². The number of nitrogens with one attached hydrogen (secondary N) is 1. The van der Waals surface area contributed by atoms with E-state index in [1.807, 2.05) is 60.0 Å². The summed E-state index contributed by atoms with van der Waals surface area (Å²) in [6.07, 6.45) is 0. The van der Waals surface area contributed by atoms with E-state index in [1.54, 1.807) is 7.11 Å². The number of carbonyl (C=O) groups is 1. The number of benzene rings is 2. The number of nitrogens with zero attached hydrogens (tertiary/aromatic N) is 3. The number of methoxy groups -OCH3 is 1. The molecule has 1 aromatic heterocycles. The van der Waals surface area contributed by atoms with E-state index in [9.17, 15) is 4.79 Å². The lowest BCUT2D eigenvalue weighted by Crippen LogP contribution is -2.16. The van der Waals surface area contributed by atoms with Crippen LogP contribution in [0.5, 0.6) is 5.75 Å². The van der Waals surface area contributed by atoms with E-state index in [4.69, 9.17) is 4.74 Å². The molecule has 0 aliphatic heterocycles. The third-order valence-corrected chi connectivity index (χ3v) is 5.54. The molecule has 0 aliphatic carbocycles. The van der Waals surface area contributed by atoms with Gasteiger partial charge in [0.2, 0.25) is 5.91 Å². The van der Waals surface area contributed by atoms with Gasteiger partial charge in [-0.3, -0.25) is 4.79 Å². The van der Waals surface area contributed by atoms with E-state index < -0.39 is 0 Å². The van der Waals surface area contributed by atoms with Crippen molar-refractivity contribution in [1.29, 1.82) is 0 Å². The standard InChI is InChI=1S/C22H26N4O2S/c1-5-26-21(17-11-7-9-13-19(17)28-4)24-25-22(26)29-14-20(27)23-18-12-8-6-10-16(18)15(2)3/h6-13,15H,5,14H2,1-4H3,(H,23,27). The third-order valence-electron chi connectivity index (χ3n) is 4.57. The maximum absolute atomic E-state index is 12.5. The minimum atomic E-state index is -0.0624. The number of thioether (sulfide) groups is 1. The summed E-state index contributed by atoms with van der Waals surface area (Å²) in [7, 11) is 1.64. The van der Waals surface area contributed by atoms with E-state index in [0.717, 1.165) is 28.4 Å². The van der Waals surface area contributed by atoms with Crippen LogP contribution in [0.2, 0.25) is 0 Å². The quantitative estimate of drug-likeness (QED) is 0.539. The second-order valence-corrected chi connectivity index (χ2v) is 7.77. The molecule has 3 aromatic rings. The average Bonchev–Trinajstić information content (AvgIpc) is 3.15. The lowest BCUT2D eigenvalue weighted by Gasteiger charge is -2.13. The van der Waals surface area contributed by atoms with Crippen LogP contribution in [0, 0.1) is 0 Å². The van der Waals surface area contributed by atoms with Crippen LogP contribution >= 0.6 is 11.8 Å². The van der Waals surface area contributed by atoms with Crippen LogP contribution in [0.4, 0.5) is 5.69 Å². The maximum atomic E-state index is 12.5. The van der Waals surface area contributed by atoms with Gasteiger partial charge in [0.25, 0.3) is 0 Å². The molecule has 6 nitrogen and oxygen atoms in total. The first kappa shape index (κ1) is 20.9. The summed E-state index contributed by atoms with van der Waals surface area (Å²) in [6.45, 7) is 6.96. The topological polar surface area (TPSA) is 69.0 Å². The minimum absolute atomic E-state index is 0.0624. The summed E-state index contributed by atoms with van der Waals surface area (Å²) in [5.74, 6) is 2.02. The fraction of sp³-hybridized carbons (Fsp3) is 0.318. The Labute approximate surface area is 175 Å². The summed E-state index contributed by atoms with van der Waals surface area (Å²) in [4.78, 5) is 12.5. The Balaban J connectivity index is 1.73. The number of rotatable bonds is 8. The van der Waals surface area contributed by atoms with E-state index >= 15 is 0 Å². The molecule has 1 N–H and O–H groups in total. The van der Waals surface area contributed by atoms with Gasteiger partial charge in [0.1, 0.15) is 5.75 Å². The fourth-order valence-electron chi connectivity index (χ4n) is 3.14. The van der Waals surface area contributed by atoms with Crippen molar-refractivity contribution in [2.75, 3.05) is 18.2 Å². The van der Waals surface area contributed by atoms with Crippen molar-refractivity contribution >= 4 is 23.4 Å². The van der Waals surface area contributed by atoms with Crippen LogP contribution < -0.4 is 10.1 Å². The molecule has 29 heavy (non-hydrogen) atoms. The summed E-state index contributed by atoms with van der Waals surface area (Å²) in [5.41, 5.74) is 2.87. The third kappa shape index (κ3) is 4.79. The highest BCUT2D eigenvalue weighted by atomic mass is 32.2. The molecular formula is C22H26N4O2S. The molecule has 2 aromatic carbocycles. The Bertz CT molecular complexity index is 984. The molecular weight excluding hydrogens is 384 g/mol. The highest BCUT2D eigenvalue weighted by molar-refractivity contribution is 7.99. The van der Waals surface area contributed by atoms with Crippen LogP contribution in [0.1, 0.15) is 32.3 Å². The molecule has 0 radical (unpaired) electrons. The van der Waals surface area contributed by atoms with Crippen molar-refractivity contribution in [3.05, 3.63) is 54.1 Å². The van der Waals surface area contributed by atoms with Gasteiger partial charge in [0, 0.05) is 12.2 Å². The van der Waals surface area contributed by atoms with Gasteiger partial charge >= 0.3 is 0 Å². The highest BCUT2D eigenvalue weighted by Gasteiger charge is 2.17. The molecule has 0 saturated heterocycles. The predicted octanol–water partition coefficient (Wildman–Crippen LogP) is 4.83. The van der Waals surface area contributed by atoms with Gasteiger partial charge in [0.05, 0.1) is 18.4 Å². The lowest BCUT2D eigenvalue weighted by molar-refractivity contribution is -0.113. The molecule has 0 aliphatic rings. The van der Waals surface area contributed by atoms with Gasteiger partial charge in [-0.15, -0.1) is 10.2 Å². The normalized spacial score (nSPS) is 10.9. The van der Waals surface area contributed by atoms with E-state index in [0.29, 0.717) is 17.6 Å². The van der Waals surface area contributed by atoms with Gasteiger partial charge in [-0.1, -0.05) is 55.9 Å². The highest BCUT2D eigenvalue weighted by Crippen LogP contribution is 2.31. The Morgan fingerprint density at radius 3 is 2.59 bits per heavy atom. The number of para-hydroxylation sites is 2. The SMILES string of the molecule is CCn1c(SCC(=O)Nc2ccccc2C(C)C)nnc1-c1ccccc1OC. The molecule has 0 bridgehead atoms. The fourth-order valence-corrected chi connectivity index (χ4v) is 3.94. The summed E-state index contributed by atoms with van der Waals surface area (Å²) >= 11 is 1.38. The Hall–Kier alpha value is -2.80. The van der Waals surface area contributed by atoms with Gasteiger partial charge in [0.15, 0.2) is 11.0 Å². The lowest BCUT2D eigenvalue weighted by atomic mass is 10.0. The van der Waals surface area contributed by atoms with Crippen molar-refractivity contribution in [3.63, 3.8) is 0 Å². The molecule has 0 unspecified atom stereocenters. The largest absolute Gasteiger partial charge is 0.496 e. The first-order valence-corrected chi connectivity index (χ1v) is 10.6. The second-order valence-electron chi connectivity index (χ2n) is 6.83. The van der Waals surface area contributed by atoms with E-state index in [1.165, 1.54) is 11.8 Å². The van der Waals surface area contributed by atoms with E-state index in [2.05, 4.69) is 29.4 Å². The predicted molar refractivity (Wildman–Crippen MR) is 118 cm³/mol. The molecule has 1 amide bonds. The number of aromatic nitrogens is 3. The van der Waals surface area contributed by atoms with Gasteiger partial charge in [-0.05, 0) is 36.6 Å². The number of anilines is 1. The van der Waals surface area contributed by atoms with Crippen LogP contribution in [0.15, 0.2) is 53.7 Å². The zero-order chi connectivity index (χ0) is 20.8. The van der Waals surface area contributed by atoms with Crippen LogP contribution in [-0.2, 0) is 11.3 Å². The Morgan fingerprint density at radius 2 is 1.86 bits per heavy atom. The van der Waals surface area contributed by atoms with Crippen LogP contribution in [0.3, 0.4) is 0 Å². The van der Waals surface area contributed by atoms with Crippen molar-refractivity contribution in [3.8, 4) is 17.1 Å². The number of hydrogen-bond donors (Lipinski definition) is 1. The zero-order valence-electron chi connectivity index (χ0n) is 17.2. The van der Waals surface area contributed by atoms with Crippen molar-refractivity contribution in [1.82, 2.24) is 14.8 Å². The Morgan fingerprint density at radius 1 is 1.14 bits per heavy atom. The maximum Gasteiger partial charge on any atom is 0.234 e.